The molecule has 0 amide bonds. The summed E-state index contributed by atoms with van der Waals surface area (Å²) in [4.78, 5) is 2.35. The summed E-state index contributed by atoms with van der Waals surface area (Å²) in [5.74, 6) is 0. The van der Waals surface area contributed by atoms with Gasteiger partial charge in [-0.2, -0.15) is 0 Å². The molecule has 2 heterocycles. The lowest BCUT2D eigenvalue weighted by Gasteiger charge is -2.26. The van der Waals surface area contributed by atoms with Gasteiger partial charge in [-0.3, -0.25) is 0 Å². The Hall–Kier alpha value is -9.18. The van der Waals surface area contributed by atoms with Gasteiger partial charge < -0.3 is 14.0 Å². The molecule has 324 valence electrons. The van der Waals surface area contributed by atoms with E-state index in [1.165, 1.54) is 88.1 Å². The molecule has 0 aliphatic rings. The van der Waals surface area contributed by atoms with Crippen LogP contribution in [0.25, 0.3) is 99.5 Å². The van der Waals surface area contributed by atoms with Crippen LogP contribution in [0.15, 0.2) is 273 Å². The van der Waals surface area contributed by atoms with Crippen LogP contribution in [0, 0.1) is 0 Å². The Morgan fingerprint density at radius 2 is 0.522 bits per heavy atom. The van der Waals surface area contributed by atoms with Crippen LogP contribution in [-0.2, 0) is 0 Å². The third-order valence-electron chi connectivity index (χ3n) is 13.7. The van der Waals surface area contributed by atoms with Crippen LogP contribution in [0.3, 0.4) is 0 Å². The summed E-state index contributed by atoms with van der Waals surface area (Å²) in [5, 5.41) is 4.94. The summed E-state index contributed by atoms with van der Waals surface area (Å²) in [6, 6.07) is 99.0. The Labute approximate surface area is 401 Å². The highest BCUT2D eigenvalue weighted by Crippen LogP contribution is 2.41. The Kier molecular flexibility index (Phi) is 9.84. The van der Waals surface area contributed by atoms with Gasteiger partial charge in [-0.25, -0.2) is 0 Å². The van der Waals surface area contributed by atoms with Gasteiger partial charge in [0.2, 0.25) is 0 Å². The van der Waals surface area contributed by atoms with Crippen molar-refractivity contribution in [2.45, 2.75) is 0 Å². The lowest BCUT2D eigenvalue weighted by atomic mass is 10.0. The van der Waals surface area contributed by atoms with Crippen molar-refractivity contribution in [1.82, 2.24) is 9.13 Å². The van der Waals surface area contributed by atoms with E-state index in [9.17, 15) is 0 Å². The van der Waals surface area contributed by atoms with Gasteiger partial charge in [0.1, 0.15) is 0 Å². The fourth-order valence-corrected chi connectivity index (χ4v) is 10.4. The lowest BCUT2D eigenvalue weighted by Crippen LogP contribution is -2.10. The minimum Gasteiger partial charge on any atom is -0.311 e. The third kappa shape index (κ3) is 7.16. The Bertz CT molecular complexity index is 3860. The van der Waals surface area contributed by atoms with Crippen LogP contribution in [0.5, 0.6) is 0 Å². The molecule has 13 rings (SSSR count). The molecule has 0 aliphatic heterocycles. The van der Waals surface area contributed by atoms with Crippen molar-refractivity contribution >= 4 is 60.7 Å². The predicted octanol–water partition coefficient (Wildman–Crippen LogP) is 18.0. The maximum absolute atomic E-state index is 2.43. The molecule has 0 bridgehead atoms. The second-order valence-corrected chi connectivity index (χ2v) is 17.8. The van der Waals surface area contributed by atoms with Crippen LogP contribution >= 0.6 is 0 Å². The van der Waals surface area contributed by atoms with Crippen molar-refractivity contribution in [3.8, 4) is 55.9 Å². The number of hydrogen-bond donors (Lipinski definition) is 0. The first kappa shape index (κ1) is 40.1. The minimum atomic E-state index is 1.08. The fourth-order valence-electron chi connectivity index (χ4n) is 10.4. The average Bonchev–Trinajstić information content (AvgIpc) is 3.94. The molecule has 0 aliphatic carbocycles. The van der Waals surface area contributed by atoms with E-state index < -0.39 is 0 Å². The number of fused-ring (bicyclic) bond motifs is 6. The first-order chi connectivity index (χ1) is 34.2. The molecule has 3 heteroatoms. The molecule has 0 N–H and O–H groups in total. The molecule has 0 unspecified atom stereocenters. The molecule has 0 saturated carbocycles. The van der Waals surface area contributed by atoms with E-state index in [0.29, 0.717) is 0 Å². The summed E-state index contributed by atoms with van der Waals surface area (Å²) >= 11 is 0. The molecular weight excluding hydrogens is 835 g/mol. The van der Waals surface area contributed by atoms with E-state index in [-0.39, 0.29) is 0 Å². The van der Waals surface area contributed by atoms with E-state index in [2.05, 4.69) is 287 Å². The topological polar surface area (TPSA) is 13.1 Å². The van der Waals surface area contributed by atoms with Crippen molar-refractivity contribution in [2.24, 2.45) is 0 Å². The molecule has 0 spiro atoms. The van der Waals surface area contributed by atoms with Gasteiger partial charge in [-0.05, 0) is 136 Å². The van der Waals surface area contributed by atoms with Crippen molar-refractivity contribution in [2.75, 3.05) is 4.90 Å². The maximum atomic E-state index is 2.43. The van der Waals surface area contributed by atoms with E-state index >= 15 is 0 Å². The van der Waals surface area contributed by atoms with E-state index in [0.717, 1.165) is 28.4 Å². The number of rotatable bonds is 9. The van der Waals surface area contributed by atoms with Crippen LogP contribution in [0.4, 0.5) is 17.1 Å². The van der Waals surface area contributed by atoms with Crippen molar-refractivity contribution in [3.05, 3.63) is 273 Å². The maximum Gasteiger partial charge on any atom is 0.0547 e. The van der Waals surface area contributed by atoms with Crippen molar-refractivity contribution in [1.29, 1.82) is 0 Å². The molecule has 0 radical (unpaired) electrons. The molecule has 3 nitrogen and oxygen atoms in total. The first-order valence-electron chi connectivity index (χ1n) is 23.7. The number of nitrogens with zero attached hydrogens (tertiary/aromatic N) is 3. The predicted molar refractivity (Wildman–Crippen MR) is 292 cm³/mol. The quantitative estimate of drug-likeness (QED) is 0.141. The van der Waals surface area contributed by atoms with Crippen molar-refractivity contribution < 1.29 is 0 Å². The molecule has 0 atom stereocenters. The second-order valence-electron chi connectivity index (χ2n) is 17.8. The SMILES string of the molecule is c1ccc(-c2ccc(N(c3ccc(-c4ccccc4)cc3)c3ccc(-n4c5ccccc5c5ccc(-c6ccc7c(c6)c6ccccc6n7-c6ccc(-c7ccccc7)cc6)cc54)cc3)cc2)cc1. The van der Waals surface area contributed by atoms with Gasteiger partial charge in [0.05, 0.1) is 22.1 Å². The Morgan fingerprint density at radius 1 is 0.203 bits per heavy atom. The summed E-state index contributed by atoms with van der Waals surface area (Å²) in [6.07, 6.45) is 0. The highest BCUT2D eigenvalue weighted by Gasteiger charge is 2.18. The van der Waals surface area contributed by atoms with Crippen LogP contribution < -0.4 is 4.90 Å². The monoisotopic (exact) mass is 879 g/mol. The third-order valence-corrected chi connectivity index (χ3v) is 13.7. The highest BCUT2D eigenvalue weighted by atomic mass is 15.1. The smallest absolute Gasteiger partial charge is 0.0547 e. The molecule has 13 aromatic rings. The number of anilines is 3. The van der Waals surface area contributed by atoms with Crippen LogP contribution in [0.2, 0.25) is 0 Å². The zero-order valence-corrected chi connectivity index (χ0v) is 37.8. The summed E-state index contributed by atoms with van der Waals surface area (Å²) in [5.41, 5.74) is 19.9. The van der Waals surface area contributed by atoms with Gasteiger partial charge in [0.15, 0.2) is 0 Å². The van der Waals surface area contributed by atoms with Gasteiger partial charge >= 0.3 is 0 Å². The molecule has 69 heavy (non-hydrogen) atoms. The standard InChI is InChI=1S/C66H45N3/c1-4-14-46(15-5-1)49-24-32-54(33-25-49)67(55-34-26-50(27-35-55)47-16-6-2-7-17-47)56-38-40-58(41-39-56)69-63-22-12-10-20-59(63)61-42-30-53(45-66(61)69)52-31-43-65-62(44-52)60-21-11-13-23-64(60)68(65)57-36-28-51(29-37-57)48-18-8-3-9-19-48/h1-45H. The number of hydrogen-bond acceptors (Lipinski definition) is 1. The summed E-state index contributed by atoms with van der Waals surface area (Å²) in [7, 11) is 0. The van der Waals surface area contributed by atoms with E-state index in [1.807, 2.05) is 0 Å². The largest absolute Gasteiger partial charge is 0.311 e. The van der Waals surface area contributed by atoms with Gasteiger partial charge in [0.25, 0.3) is 0 Å². The minimum absolute atomic E-state index is 1.08. The van der Waals surface area contributed by atoms with Crippen LogP contribution in [-0.4, -0.2) is 9.13 Å². The average molecular weight is 880 g/mol. The molecule has 0 fully saturated rings. The zero-order chi connectivity index (χ0) is 45.7. The second kappa shape index (κ2) is 16.9. The normalized spacial score (nSPS) is 11.5. The number of aromatic nitrogens is 2. The molecular formula is C66H45N3. The first-order valence-corrected chi connectivity index (χ1v) is 23.7. The Balaban J connectivity index is 0.890. The fraction of sp³-hybridized carbons (Fsp3) is 0. The van der Waals surface area contributed by atoms with Gasteiger partial charge in [0, 0.05) is 50.0 Å². The Morgan fingerprint density at radius 3 is 1.03 bits per heavy atom. The molecule has 0 saturated heterocycles. The zero-order valence-electron chi connectivity index (χ0n) is 37.8. The molecule has 11 aromatic carbocycles. The highest BCUT2D eigenvalue weighted by molar-refractivity contribution is 6.12. The van der Waals surface area contributed by atoms with Crippen molar-refractivity contribution in [3.63, 3.8) is 0 Å². The summed E-state index contributed by atoms with van der Waals surface area (Å²) in [6.45, 7) is 0. The summed E-state index contributed by atoms with van der Waals surface area (Å²) < 4.78 is 4.82. The van der Waals surface area contributed by atoms with Gasteiger partial charge in [-0.1, -0.05) is 182 Å². The van der Waals surface area contributed by atoms with E-state index in [4.69, 9.17) is 0 Å². The van der Waals surface area contributed by atoms with Gasteiger partial charge in [-0.15, -0.1) is 0 Å². The number of benzene rings is 11. The molecule has 2 aromatic heterocycles. The lowest BCUT2D eigenvalue weighted by molar-refractivity contribution is 1.17. The van der Waals surface area contributed by atoms with E-state index in [1.54, 1.807) is 0 Å². The number of para-hydroxylation sites is 2. The van der Waals surface area contributed by atoms with Crippen LogP contribution in [0.1, 0.15) is 0 Å².